The lowest BCUT2D eigenvalue weighted by atomic mass is 9.64. The van der Waals surface area contributed by atoms with Crippen molar-refractivity contribution in [2.75, 3.05) is 0 Å². The zero-order valence-corrected chi connectivity index (χ0v) is 7.71. The maximum Gasteiger partial charge on any atom is 0.248 e. The van der Waals surface area contributed by atoms with E-state index in [1.54, 1.807) is 12.1 Å². The minimum atomic E-state index is -2.34. The number of aromatic hydroxyl groups is 1. The Balaban J connectivity index is 2.37. The predicted molar refractivity (Wildman–Crippen MR) is 49.6 cm³/mol. The second-order valence-electron chi connectivity index (χ2n) is 3.86. The molecule has 0 saturated heterocycles. The lowest BCUT2D eigenvalue weighted by Crippen LogP contribution is -2.41. The van der Waals surface area contributed by atoms with Crippen LogP contribution in [0, 0.1) is 0 Å². The topological polar surface area (TPSA) is 20.2 Å². The number of benzene rings is 1. The van der Waals surface area contributed by atoms with Crippen LogP contribution in [0.1, 0.15) is 24.8 Å². The molecule has 14 heavy (non-hydrogen) atoms. The Morgan fingerprint density at radius 2 is 2.00 bits per heavy atom. The van der Waals surface area contributed by atoms with Crippen LogP contribution in [0.5, 0.6) is 5.75 Å². The predicted octanol–water partition coefficient (Wildman–Crippen LogP) is 3.08. The molecule has 0 amide bonds. The summed E-state index contributed by atoms with van der Waals surface area (Å²) in [6.45, 7) is 0. The van der Waals surface area contributed by atoms with Gasteiger partial charge in [0.15, 0.2) is 0 Å². The molecule has 0 unspecified atom stereocenters. The second kappa shape index (κ2) is 3.23. The van der Waals surface area contributed by atoms with E-state index in [1.165, 1.54) is 12.1 Å². The molecule has 76 valence electrons. The summed E-state index contributed by atoms with van der Waals surface area (Å²) in [6, 6.07) is 6.24. The molecular formula is C11H12F2O. The van der Waals surface area contributed by atoms with E-state index in [0.717, 1.165) is 6.42 Å². The van der Waals surface area contributed by atoms with Crippen LogP contribution in [-0.2, 0) is 5.41 Å². The van der Waals surface area contributed by atoms with Crippen molar-refractivity contribution >= 4 is 0 Å². The van der Waals surface area contributed by atoms with Gasteiger partial charge in [0.25, 0.3) is 0 Å². The van der Waals surface area contributed by atoms with Gasteiger partial charge in [0.1, 0.15) is 5.75 Å². The van der Waals surface area contributed by atoms with Crippen LogP contribution in [0.2, 0.25) is 0 Å². The molecule has 1 aliphatic carbocycles. The molecule has 0 radical (unpaired) electrons. The summed E-state index contributed by atoms with van der Waals surface area (Å²) >= 11 is 0. The van der Waals surface area contributed by atoms with Gasteiger partial charge in [-0.15, -0.1) is 0 Å². The molecule has 2 rings (SSSR count). The van der Waals surface area contributed by atoms with E-state index in [9.17, 15) is 13.9 Å². The van der Waals surface area contributed by atoms with Crippen molar-refractivity contribution in [2.45, 2.75) is 31.1 Å². The van der Waals surface area contributed by atoms with Crippen LogP contribution in [0.15, 0.2) is 24.3 Å². The summed E-state index contributed by atoms with van der Waals surface area (Å²) in [5.74, 6) is 0.0643. The summed E-state index contributed by atoms with van der Waals surface area (Å²) in [7, 11) is 0. The Morgan fingerprint density at radius 1 is 1.29 bits per heavy atom. The van der Waals surface area contributed by atoms with Crippen LogP contribution in [0.25, 0.3) is 0 Å². The summed E-state index contributed by atoms with van der Waals surface area (Å²) in [6.07, 6.45) is -0.444. The van der Waals surface area contributed by atoms with E-state index in [1.807, 2.05) is 0 Å². The molecule has 0 bridgehead atoms. The first-order valence-corrected chi connectivity index (χ1v) is 4.73. The number of phenolic OH excluding ortho intramolecular Hbond substituents is 1. The normalized spacial score (nSPS) is 19.4. The summed E-state index contributed by atoms with van der Waals surface area (Å²) in [4.78, 5) is 0. The van der Waals surface area contributed by atoms with Crippen molar-refractivity contribution in [1.29, 1.82) is 0 Å². The van der Waals surface area contributed by atoms with Gasteiger partial charge >= 0.3 is 0 Å². The van der Waals surface area contributed by atoms with Gasteiger partial charge in [0, 0.05) is 0 Å². The quantitative estimate of drug-likeness (QED) is 0.774. The minimum Gasteiger partial charge on any atom is -0.508 e. The van der Waals surface area contributed by atoms with Crippen LogP contribution in [0.3, 0.4) is 0 Å². The Kier molecular flexibility index (Phi) is 2.17. The fourth-order valence-electron chi connectivity index (χ4n) is 2.01. The monoisotopic (exact) mass is 198 g/mol. The molecular weight excluding hydrogens is 186 g/mol. The highest BCUT2D eigenvalue weighted by atomic mass is 19.3. The molecule has 1 aromatic carbocycles. The lowest BCUT2D eigenvalue weighted by Gasteiger charge is -2.41. The molecule has 0 spiro atoms. The number of phenols is 1. The third-order valence-electron chi connectivity index (χ3n) is 3.08. The molecule has 1 saturated carbocycles. The Bertz CT molecular complexity index is 332. The number of rotatable bonds is 2. The SMILES string of the molecule is Oc1cccc(C2(C(F)F)CCC2)c1. The minimum absolute atomic E-state index is 0.0643. The average Bonchev–Trinajstić information content (AvgIpc) is 2.00. The number of hydrogen-bond donors (Lipinski definition) is 1. The van der Waals surface area contributed by atoms with Crippen molar-refractivity contribution in [3.05, 3.63) is 29.8 Å². The van der Waals surface area contributed by atoms with Gasteiger partial charge in [0.2, 0.25) is 6.43 Å². The van der Waals surface area contributed by atoms with E-state index >= 15 is 0 Å². The summed E-state index contributed by atoms with van der Waals surface area (Å²) in [5, 5.41) is 9.23. The van der Waals surface area contributed by atoms with E-state index in [2.05, 4.69) is 0 Å². The van der Waals surface area contributed by atoms with Gasteiger partial charge in [-0.05, 0) is 30.5 Å². The maximum atomic E-state index is 12.9. The van der Waals surface area contributed by atoms with Gasteiger partial charge in [-0.2, -0.15) is 0 Å². The van der Waals surface area contributed by atoms with Gasteiger partial charge in [-0.1, -0.05) is 18.6 Å². The van der Waals surface area contributed by atoms with E-state index in [0.29, 0.717) is 18.4 Å². The molecule has 1 fully saturated rings. The van der Waals surface area contributed by atoms with Gasteiger partial charge in [0.05, 0.1) is 5.41 Å². The summed E-state index contributed by atoms with van der Waals surface area (Å²) < 4.78 is 25.7. The average molecular weight is 198 g/mol. The molecule has 3 heteroatoms. The molecule has 0 aromatic heterocycles. The van der Waals surface area contributed by atoms with E-state index in [4.69, 9.17) is 0 Å². The standard InChI is InChI=1S/C11H12F2O/c12-10(13)11(5-2-6-11)8-3-1-4-9(14)7-8/h1,3-4,7,10,14H,2,5-6H2. The Morgan fingerprint density at radius 3 is 2.43 bits per heavy atom. The first-order chi connectivity index (χ1) is 6.65. The van der Waals surface area contributed by atoms with Crippen molar-refractivity contribution in [2.24, 2.45) is 0 Å². The Labute approximate surface area is 81.4 Å². The van der Waals surface area contributed by atoms with Crippen LogP contribution >= 0.6 is 0 Å². The molecule has 1 N–H and O–H groups in total. The molecule has 1 nitrogen and oxygen atoms in total. The molecule has 1 aromatic rings. The smallest absolute Gasteiger partial charge is 0.248 e. The van der Waals surface area contributed by atoms with Gasteiger partial charge in [-0.25, -0.2) is 8.78 Å². The van der Waals surface area contributed by atoms with E-state index < -0.39 is 11.8 Å². The molecule has 0 aliphatic heterocycles. The molecule has 0 heterocycles. The van der Waals surface area contributed by atoms with Gasteiger partial charge < -0.3 is 5.11 Å². The fourth-order valence-corrected chi connectivity index (χ4v) is 2.01. The fraction of sp³-hybridized carbons (Fsp3) is 0.455. The largest absolute Gasteiger partial charge is 0.508 e. The first-order valence-electron chi connectivity index (χ1n) is 4.73. The van der Waals surface area contributed by atoms with Crippen LogP contribution < -0.4 is 0 Å². The molecule has 1 aliphatic rings. The van der Waals surface area contributed by atoms with Crippen LogP contribution in [0.4, 0.5) is 8.78 Å². The van der Waals surface area contributed by atoms with Crippen LogP contribution in [-0.4, -0.2) is 11.5 Å². The highest BCUT2D eigenvalue weighted by Crippen LogP contribution is 2.48. The maximum absolute atomic E-state index is 12.9. The first kappa shape index (κ1) is 9.44. The molecule has 0 atom stereocenters. The highest BCUT2D eigenvalue weighted by Gasteiger charge is 2.46. The number of halogens is 2. The number of hydrogen-bond acceptors (Lipinski definition) is 1. The van der Waals surface area contributed by atoms with Crippen molar-refractivity contribution < 1.29 is 13.9 Å². The highest BCUT2D eigenvalue weighted by molar-refractivity contribution is 5.35. The summed E-state index contributed by atoms with van der Waals surface area (Å²) in [5.41, 5.74) is -0.419. The van der Waals surface area contributed by atoms with Crippen molar-refractivity contribution in [1.82, 2.24) is 0 Å². The second-order valence-corrected chi connectivity index (χ2v) is 3.86. The lowest BCUT2D eigenvalue weighted by molar-refractivity contribution is 0.000752. The van der Waals surface area contributed by atoms with Crippen molar-refractivity contribution in [3.8, 4) is 5.75 Å². The van der Waals surface area contributed by atoms with Crippen molar-refractivity contribution in [3.63, 3.8) is 0 Å². The third kappa shape index (κ3) is 1.27. The van der Waals surface area contributed by atoms with Gasteiger partial charge in [-0.3, -0.25) is 0 Å². The zero-order valence-electron chi connectivity index (χ0n) is 7.71. The third-order valence-corrected chi connectivity index (χ3v) is 3.08. The number of alkyl halides is 2. The Hall–Kier alpha value is -1.12. The van der Waals surface area contributed by atoms with E-state index in [-0.39, 0.29) is 5.75 Å². The zero-order chi connectivity index (χ0) is 10.2.